The highest BCUT2D eigenvalue weighted by atomic mass is 16.6. The summed E-state index contributed by atoms with van der Waals surface area (Å²) >= 11 is 0. The Hall–Kier alpha value is -1.56. The maximum atomic E-state index is 10.9. The molecule has 13 heavy (non-hydrogen) atoms. The van der Waals surface area contributed by atoms with Gasteiger partial charge in [0.05, 0.1) is 13.0 Å². The first-order chi connectivity index (χ1) is 6.07. The van der Waals surface area contributed by atoms with Crippen LogP contribution in [-0.4, -0.2) is 35.3 Å². The van der Waals surface area contributed by atoms with E-state index in [2.05, 4.69) is 11.3 Å². The number of hydrogen-bond donors (Lipinski definition) is 2. The maximum absolute atomic E-state index is 10.9. The normalized spacial score (nSPS) is 9.00. The molecule has 6 nitrogen and oxygen atoms in total. The lowest BCUT2D eigenvalue weighted by molar-refractivity contribution is -0.137. The standard InChI is InChI=1S/C7H12N2O4/c1-2-5-13-7(12)9(8)4-3-6(10)11/h2H,1,3-5,8H2,(H,10,11). The van der Waals surface area contributed by atoms with Crippen molar-refractivity contribution >= 4 is 12.1 Å². The number of hydrogen-bond acceptors (Lipinski definition) is 4. The summed E-state index contributed by atoms with van der Waals surface area (Å²) in [6, 6.07) is 0. The second kappa shape index (κ2) is 6.01. The van der Waals surface area contributed by atoms with E-state index in [-0.39, 0.29) is 19.6 Å². The van der Waals surface area contributed by atoms with Gasteiger partial charge in [-0.15, -0.1) is 0 Å². The minimum Gasteiger partial charge on any atom is -0.481 e. The number of aliphatic carboxylic acids is 1. The van der Waals surface area contributed by atoms with Gasteiger partial charge >= 0.3 is 12.1 Å². The van der Waals surface area contributed by atoms with Gasteiger partial charge < -0.3 is 9.84 Å². The van der Waals surface area contributed by atoms with Crippen LogP contribution >= 0.6 is 0 Å². The topological polar surface area (TPSA) is 92.9 Å². The zero-order valence-electron chi connectivity index (χ0n) is 7.10. The third kappa shape index (κ3) is 5.68. The molecule has 0 saturated heterocycles. The molecular weight excluding hydrogens is 176 g/mol. The van der Waals surface area contributed by atoms with Gasteiger partial charge in [0.25, 0.3) is 0 Å². The lowest BCUT2D eigenvalue weighted by Crippen LogP contribution is -2.39. The first kappa shape index (κ1) is 11.4. The molecule has 0 aliphatic rings. The van der Waals surface area contributed by atoms with Crippen LogP contribution in [0.4, 0.5) is 4.79 Å². The SMILES string of the molecule is C=CCOC(=O)N(N)CCC(=O)O. The van der Waals surface area contributed by atoms with Gasteiger partial charge in [-0.05, 0) is 0 Å². The van der Waals surface area contributed by atoms with Crippen LogP contribution in [-0.2, 0) is 9.53 Å². The maximum Gasteiger partial charge on any atom is 0.424 e. The predicted octanol–water partition coefficient (Wildman–Crippen LogP) is -0.0406. The van der Waals surface area contributed by atoms with Gasteiger partial charge in [0.2, 0.25) is 0 Å². The fourth-order valence-corrected chi connectivity index (χ4v) is 0.521. The fraction of sp³-hybridized carbons (Fsp3) is 0.429. The number of hydrazine groups is 1. The number of ether oxygens (including phenoxy) is 1. The largest absolute Gasteiger partial charge is 0.481 e. The molecule has 0 atom stereocenters. The fourth-order valence-electron chi connectivity index (χ4n) is 0.521. The minimum absolute atomic E-state index is 0.0552. The highest BCUT2D eigenvalue weighted by Crippen LogP contribution is 1.90. The number of nitrogens with two attached hydrogens (primary N) is 1. The number of rotatable bonds is 5. The molecule has 0 heterocycles. The lowest BCUT2D eigenvalue weighted by Gasteiger charge is -2.14. The molecule has 1 amide bonds. The second-order valence-electron chi connectivity index (χ2n) is 2.20. The Labute approximate surface area is 75.5 Å². The van der Waals surface area contributed by atoms with Crippen molar-refractivity contribution < 1.29 is 19.4 Å². The van der Waals surface area contributed by atoms with Gasteiger partial charge in [-0.25, -0.2) is 15.6 Å². The van der Waals surface area contributed by atoms with Gasteiger partial charge in [-0.1, -0.05) is 12.7 Å². The van der Waals surface area contributed by atoms with Gasteiger partial charge in [-0.2, -0.15) is 0 Å². The second-order valence-corrected chi connectivity index (χ2v) is 2.20. The Bertz CT molecular complexity index is 205. The smallest absolute Gasteiger partial charge is 0.424 e. The molecule has 74 valence electrons. The van der Waals surface area contributed by atoms with E-state index in [9.17, 15) is 9.59 Å². The Kier molecular flexibility index (Phi) is 5.29. The number of carbonyl (C=O) groups is 2. The van der Waals surface area contributed by atoms with E-state index in [0.717, 1.165) is 0 Å². The van der Waals surface area contributed by atoms with Crippen molar-refractivity contribution in [2.45, 2.75) is 6.42 Å². The Morgan fingerprint density at radius 2 is 2.23 bits per heavy atom. The molecule has 0 rings (SSSR count). The molecule has 0 aromatic carbocycles. The summed E-state index contributed by atoms with van der Waals surface area (Å²) in [5.74, 6) is 4.15. The van der Waals surface area contributed by atoms with Crippen LogP contribution in [0.2, 0.25) is 0 Å². The van der Waals surface area contributed by atoms with Crippen LogP contribution in [0.1, 0.15) is 6.42 Å². The average Bonchev–Trinajstić information content (AvgIpc) is 2.10. The lowest BCUT2D eigenvalue weighted by atomic mass is 10.4. The summed E-state index contributed by atoms with van der Waals surface area (Å²) in [5.41, 5.74) is 0. The van der Waals surface area contributed by atoms with Crippen molar-refractivity contribution in [3.05, 3.63) is 12.7 Å². The van der Waals surface area contributed by atoms with Crippen molar-refractivity contribution in [2.75, 3.05) is 13.2 Å². The zero-order valence-corrected chi connectivity index (χ0v) is 7.10. The summed E-state index contributed by atoms with van der Waals surface area (Å²) in [4.78, 5) is 20.9. The molecule has 0 aromatic heterocycles. The van der Waals surface area contributed by atoms with Gasteiger partial charge in [0, 0.05) is 0 Å². The highest BCUT2D eigenvalue weighted by Gasteiger charge is 2.10. The summed E-state index contributed by atoms with van der Waals surface area (Å²) in [6.07, 6.45) is 0.420. The minimum atomic E-state index is -1.02. The predicted molar refractivity (Wildman–Crippen MR) is 44.7 cm³/mol. The van der Waals surface area contributed by atoms with Crippen molar-refractivity contribution in [3.8, 4) is 0 Å². The van der Waals surface area contributed by atoms with E-state index < -0.39 is 12.1 Å². The highest BCUT2D eigenvalue weighted by molar-refractivity contribution is 5.70. The van der Waals surface area contributed by atoms with Crippen LogP contribution in [0, 0.1) is 0 Å². The molecule has 3 N–H and O–H groups in total. The Balaban J connectivity index is 3.68. The van der Waals surface area contributed by atoms with Gasteiger partial charge in [0.15, 0.2) is 0 Å². The molecule has 0 aliphatic heterocycles. The van der Waals surface area contributed by atoms with E-state index in [1.165, 1.54) is 6.08 Å². The van der Waals surface area contributed by atoms with Crippen LogP contribution in [0.25, 0.3) is 0 Å². The van der Waals surface area contributed by atoms with E-state index in [1.54, 1.807) is 0 Å². The number of nitrogens with zero attached hydrogens (tertiary/aromatic N) is 1. The van der Waals surface area contributed by atoms with Crippen LogP contribution in [0.3, 0.4) is 0 Å². The number of amides is 1. The Morgan fingerprint density at radius 3 is 2.69 bits per heavy atom. The molecular formula is C7H12N2O4. The zero-order chi connectivity index (χ0) is 10.3. The average molecular weight is 188 g/mol. The summed E-state index contributed by atoms with van der Waals surface area (Å²) in [5, 5.41) is 8.98. The first-order valence-electron chi connectivity index (χ1n) is 3.59. The Morgan fingerprint density at radius 1 is 1.62 bits per heavy atom. The van der Waals surface area contributed by atoms with Gasteiger partial charge in [0.1, 0.15) is 6.61 Å². The third-order valence-corrected chi connectivity index (χ3v) is 1.13. The van der Waals surface area contributed by atoms with E-state index in [0.29, 0.717) is 5.01 Å². The molecule has 0 aromatic rings. The van der Waals surface area contributed by atoms with Crippen molar-refractivity contribution in [2.24, 2.45) is 5.84 Å². The third-order valence-electron chi connectivity index (χ3n) is 1.13. The summed E-state index contributed by atoms with van der Waals surface area (Å²) in [6.45, 7) is 3.31. The van der Waals surface area contributed by atoms with Crippen molar-refractivity contribution in [1.82, 2.24) is 5.01 Å². The quantitative estimate of drug-likeness (QED) is 0.273. The molecule has 0 fully saturated rings. The molecule has 6 heteroatoms. The number of carboxylic acids is 1. The summed E-state index contributed by atoms with van der Waals surface area (Å²) < 4.78 is 4.54. The van der Waals surface area contributed by atoms with Crippen molar-refractivity contribution in [3.63, 3.8) is 0 Å². The van der Waals surface area contributed by atoms with E-state index in [4.69, 9.17) is 10.9 Å². The number of carbonyl (C=O) groups excluding carboxylic acids is 1. The molecule has 0 unspecified atom stereocenters. The monoisotopic (exact) mass is 188 g/mol. The van der Waals surface area contributed by atoms with Crippen LogP contribution < -0.4 is 5.84 Å². The summed E-state index contributed by atoms with van der Waals surface area (Å²) in [7, 11) is 0. The number of carboxylic acid groups (broad SMARTS) is 1. The van der Waals surface area contributed by atoms with E-state index >= 15 is 0 Å². The molecule has 0 spiro atoms. The van der Waals surface area contributed by atoms with E-state index in [1.807, 2.05) is 0 Å². The van der Waals surface area contributed by atoms with Crippen LogP contribution in [0.15, 0.2) is 12.7 Å². The van der Waals surface area contributed by atoms with Gasteiger partial charge in [-0.3, -0.25) is 4.79 Å². The van der Waals surface area contributed by atoms with Crippen LogP contribution in [0.5, 0.6) is 0 Å². The molecule has 0 radical (unpaired) electrons. The first-order valence-corrected chi connectivity index (χ1v) is 3.59. The molecule has 0 saturated carbocycles. The van der Waals surface area contributed by atoms with Crippen molar-refractivity contribution in [1.29, 1.82) is 0 Å². The molecule has 0 bridgehead atoms. The molecule has 0 aliphatic carbocycles.